The fraction of sp³-hybridized carbons (Fsp3) is 0.348. The molecular formula is C23H26BrNO3S2. The number of aliphatic hydroxyl groups is 1. The smallest absolute Gasteiger partial charge is 0.349 e. The number of likely N-dealkylation sites (tertiary alicyclic amines) is 1. The second-order valence-corrected chi connectivity index (χ2v) is 9.86. The number of carbonyl (C=O) groups excluding carboxylic acids is 1. The van der Waals surface area contributed by atoms with Gasteiger partial charge in [-0.25, -0.2) is 4.79 Å². The highest BCUT2D eigenvalue weighted by molar-refractivity contribution is 7.12. The largest absolute Gasteiger partial charge is 1.00 e. The van der Waals surface area contributed by atoms with Gasteiger partial charge in [-0.15, -0.1) is 22.7 Å². The average Bonchev–Trinajstić information content (AvgIpc) is 3.49. The highest BCUT2D eigenvalue weighted by Gasteiger charge is 2.46. The van der Waals surface area contributed by atoms with Crippen LogP contribution in [0, 0.1) is 0 Å². The molecule has 0 bridgehead atoms. The molecule has 3 heterocycles. The quantitative estimate of drug-likeness (QED) is 0.384. The van der Waals surface area contributed by atoms with E-state index in [0.29, 0.717) is 9.75 Å². The van der Waals surface area contributed by atoms with Crippen molar-refractivity contribution in [2.45, 2.75) is 24.5 Å². The van der Waals surface area contributed by atoms with E-state index in [9.17, 15) is 9.90 Å². The Bertz CT molecular complexity index is 897. The third kappa shape index (κ3) is 4.86. The number of quaternary nitrogens is 1. The fourth-order valence-corrected chi connectivity index (χ4v) is 5.72. The number of nitrogens with zero attached hydrogens (tertiary/aromatic N) is 1. The van der Waals surface area contributed by atoms with Crippen LogP contribution in [0.15, 0.2) is 65.4 Å². The summed E-state index contributed by atoms with van der Waals surface area (Å²) in [5, 5.41) is 15.1. The molecule has 0 spiro atoms. The summed E-state index contributed by atoms with van der Waals surface area (Å²) in [6.45, 7) is 2.77. The normalized spacial score (nSPS) is 21.2. The third-order valence-electron chi connectivity index (χ3n) is 5.74. The topological polar surface area (TPSA) is 46.5 Å². The van der Waals surface area contributed by atoms with Gasteiger partial charge in [-0.05, 0) is 28.5 Å². The molecule has 2 atom stereocenters. The maximum absolute atomic E-state index is 13.1. The predicted octanol–water partition coefficient (Wildman–Crippen LogP) is 1.05. The van der Waals surface area contributed by atoms with Crippen LogP contribution in [-0.2, 0) is 21.6 Å². The number of likely N-dealkylation sites (N-methyl/N-ethyl adjacent to an activating group) is 1. The molecule has 0 amide bonds. The first-order valence-electron chi connectivity index (χ1n) is 9.88. The molecule has 1 fully saturated rings. The molecular weight excluding hydrogens is 482 g/mol. The first-order chi connectivity index (χ1) is 14.0. The predicted molar refractivity (Wildman–Crippen MR) is 117 cm³/mol. The van der Waals surface area contributed by atoms with Crippen molar-refractivity contribution in [2.24, 2.45) is 0 Å². The van der Waals surface area contributed by atoms with Crippen LogP contribution in [0.25, 0.3) is 0 Å². The van der Waals surface area contributed by atoms with Gasteiger partial charge in [0.15, 0.2) is 6.10 Å². The second-order valence-electron chi connectivity index (χ2n) is 7.97. The molecule has 1 unspecified atom stereocenters. The van der Waals surface area contributed by atoms with Crippen molar-refractivity contribution in [3.8, 4) is 0 Å². The van der Waals surface area contributed by atoms with Gasteiger partial charge in [0.25, 0.3) is 0 Å². The van der Waals surface area contributed by atoms with E-state index in [1.807, 2.05) is 29.0 Å². The fourth-order valence-electron chi connectivity index (χ4n) is 4.00. The summed E-state index contributed by atoms with van der Waals surface area (Å²) in [7, 11) is 2.22. The first-order valence-corrected chi connectivity index (χ1v) is 11.6. The molecule has 4 nitrogen and oxygen atoms in total. The zero-order valence-electron chi connectivity index (χ0n) is 16.9. The van der Waals surface area contributed by atoms with Crippen molar-refractivity contribution in [2.75, 3.05) is 26.7 Å². The molecule has 4 rings (SSSR count). The molecule has 160 valence electrons. The maximum Gasteiger partial charge on any atom is 0.349 e. The highest BCUT2D eigenvalue weighted by atomic mass is 79.9. The average molecular weight is 509 g/mol. The zero-order chi connectivity index (χ0) is 20.3. The van der Waals surface area contributed by atoms with Crippen molar-refractivity contribution in [1.29, 1.82) is 0 Å². The highest BCUT2D eigenvalue weighted by Crippen LogP contribution is 2.37. The van der Waals surface area contributed by atoms with Gasteiger partial charge in [-0.2, -0.15) is 0 Å². The van der Waals surface area contributed by atoms with Crippen LogP contribution in [0.5, 0.6) is 0 Å². The van der Waals surface area contributed by atoms with Crippen molar-refractivity contribution in [3.63, 3.8) is 0 Å². The Kier molecular flexibility index (Phi) is 7.52. The second kappa shape index (κ2) is 9.75. The maximum atomic E-state index is 13.1. The number of rotatable bonds is 7. The molecule has 0 aliphatic carbocycles. The molecule has 1 aliphatic rings. The van der Waals surface area contributed by atoms with Gasteiger partial charge in [0.05, 0.1) is 29.9 Å². The van der Waals surface area contributed by atoms with Gasteiger partial charge >= 0.3 is 5.97 Å². The number of halogens is 1. The van der Waals surface area contributed by atoms with Gasteiger partial charge in [0.2, 0.25) is 5.60 Å². The Morgan fingerprint density at radius 3 is 2.30 bits per heavy atom. The van der Waals surface area contributed by atoms with Crippen molar-refractivity contribution in [3.05, 3.63) is 80.7 Å². The lowest BCUT2D eigenvalue weighted by molar-refractivity contribution is -0.898. The lowest BCUT2D eigenvalue weighted by Crippen LogP contribution is -3.00. The molecule has 30 heavy (non-hydrogen) atoms. The van der Waals surface area contributed by atoms with Gasteiger partial charge in [0, 0.05) is 12.8 Å². The van der Waals surface area contributed by atoms with E-state index >= 15 is 0 Å². The van der Waals surface area contributed by atoms with E-state index in [1.165, 1.54) is 28.2 Å². The van der Waals surface area contributed by atoms with Gasteiger partial charge in [-0.1, -0.05) is 42.5 Å². The van der Waals surface area contributed by atoms with Crippen molar-refractivity contribution < 1.29 is 36.1 Å². The molecule has 0 radical (unpaired) electrons. The monoisotopic (exact) mass is 507 g/mol. The molecule has 2 aromatic heterocycles. The number of hydrogen-bond donors (Lipinski definition) is 1. The number of ether oxygens (including phenoxy) is 1. The number of benzene rings is 1. The molecule has 1 aliphatic heterocycles. The third-order valence-corrected chi connectivity index (χ3v) is 7.70. The van der Waals surface area contributed by atoms with Crippen LogP contribution in [0.3, 0.4) is 0 Å². The lowest BCUT2D eigenvalue weighted by Gasteiger charge is -2.30. The van der Waals surface area contributed by atoms with E-state index in [0.717, 1.165) is 37.0 Å². The minimum Gasteiger partial charge on any atom is -1.00 e. The summed E-state index contributed by atoms with van der Waals surface area (Å²) in [6.07, 6.45) is 1.66. The van der Waals surface area contributed by atoms with Gasteiger partial charge in [0.1, 0.15) is 6.54 Å². The standard InChI is InChI=1S/C23H26NO3S2.BrH/c1-24(13-11-18-7-3-2-4-8-18)14-12-19(17-24)27-22(25)23(26,20-9-5-15-28-20)21-10-6-16-29-21;/h2-10,15-16,19,26H,11-14,17H2,1H3;1H/q+1;/p-1/t19-,24?;/m1./s1. The molecule has 0 saturated carbocycles. The van der Waals surface area contributed by atoms with E-state index in [1.54, 1.807) is 12.1 Å². The Balaban J connectivity index is 0.00000256. The summed E-state index contributed by atoms with van der Waals surface area (Å²) < 4.78 is 6.76. The summed E-state index contributed by atoms with van der Waals surface area (Å²) in [4.78, 5) is 14.3. The van der Waals surface area contributed by atoms with Crippen LogP contribution in [0.4, 0.5) is 0 Å². The van der Waals surface area contributed by atoms with Gasteiger partial charge < -0.3 is 31.3 Å². The number of thiophene rings is 2. The van der Waals surface area contributed by atoms with Crippen LogP contribution in [-0.4, -0.2) is 48.3 Å². The SMILES string of the molecule is C[N+]1(CCc2ccccc2)CC[C@@H](OC(=O)C(O)(c2cccs2)c2cccs2)C1.[Br-]. The Hall–Kier alpha value is -1.51. The molecule has 1 aromatic carbocycles. The van der Waals surface area contributed by atoms with Crippen LogP contribution in [0.1, 0.15) is 21.7 Å². The number of carbonyl (C=O) groups is 1. The summed E-state index contributed by atoms with van der Waals surface area (Å²) in [5.74, 6) is -0.566. The number of esters is 1. The lowest BCUT2D eigenvalue weighted by atomic mass is 10.00. The van der Waals surface area contributed by atoms with Crippen LogP contribution in [0.2, 0.25) is 0 Å². The summed E-state index contributed by atoms with van der Waals surface area (Å²) in [5.41, 5.74) is -0.393. The van der Waals surface area contributed by atoms with Crippen molar-refractivity contribution >= 4 is 28.6 Å². The number of hydrogen-bond acceptors (Lipinski definition) is 5. The van der Waals surface area contributed by atoms with E-state index in [2.05, 4.69) is 31.3 Å². The Morgan fingerprint density at radius 1 is 1.10 bits per heavy atom. The first kappa shape index (κ1) is 23.2. The van der Waals surface area contributed by atoms with E-state index in [4.69, 9.17) is 4.74 Å². The Labute approximate surface area is 196 Å². The molecule has 1 saturated heterocycles. The van der Waals surface area contributed by atoms with Crippen molar-refractivity contribution in [1.82, 2.24) is 0 Å². The zero-order valence-corrected chi connectivity index (χ0v) is 20.1. The molecule has 3 aromatic rings. The summed E-state index contributed by atoms with van der Waals surface area (Å²) >= 11 is 2.74. The minimum atomic E-state index is -1.72. The van der Waals surface area contributed by atoms with E-state index in [-0.39, 0.29) is 23.1 Å². The Morgan fingerprint density at radius 2 is 1.73 bits per heavy atom. The minimum absolute atomic E-state index is 0. The van der Waals surface area contributed by atoms with E-state index < -0.39 is 11.6 Å². The molecule has 7 heteroatoms. The van der Waals surface area contributed by atoms with Crippen LogP contribution >= 0.6 is 22.7 Å². The van der Waals surface area contributed by atoms with Crippen LogP contribution < -0.4 is 17.0 Å². The molecule has 1 N–H and O–H groups in total. The summed E-state index contributed by atoms with van der Waals surface area (Å²) in [6, 6.07) is 17.8. The van der Waals surface area contributed by atoms with Gasteiger partial charge in [-0.3, -0.25) is 0 Å².